The third-order valence-electron chi connectivity index (χ3n) is 3.30. The minimum absolute atomic E-state index is 0.0586. The highest BCUT2D eigenvalue weighted by Gasteiger charge is 2.14. The van der Waals surface area contributed by atoms with Crippen LogP contribution in [0, 0.1) is 0 Å². The normalized spacial score (nSPS) is 11.4. The Labute approximate surface area is 152 Å². The summed E-state index contributed by atoms with van der Waals surface area (Å²) in [7, 11) is -3.72. The molecule has 0 spiro atoms. The number of thiophene rings is 1. The molecule has 0 atom stereocenters. The van der Waals surface area contributed by atoms with Crippen molar-refractivity contribution in [1.29, 1.82) is 0 Å². The zero-order valence-electron chi connectivity index (χ0n) is 12.7. The molecule has 25 heavy (non-hydrogen) atoms. The molecular formula is C15H13ClN4O3S2. The monoisotopic (exact) mass is 396 g/mol. The highest BCUT2D eigenvalue weighted by molar-refractivity contribution is 7.91. The Morgan fingerprint density at radius 1 is 1.24 bits per heavy atom. The number of benzene rings is 1. The molecule has 130 valence electrons. The van der Waals surface area contributed by atoms with Crippen molar-refractivity contribution in [2.24, 2.45) is 5.14 Å². The van der Waals surface area contributed by atoms with Crippen molar-refractivity contribution in [2.75, 3.05) is 0 Å². The van der Waals surface area contributed by atoms with Gasteiger partial charge in [0.2, 0.25) is 10.0 Å². The van der Waals surface area contributed by atoms with Gasteiger partial charge in [0.25, 0.3) is 5.91 Å². The van der Waals surface area contributed by atoms with E-state index in [0.717, 1.165) is 16.9 Å². The topological polar surface area (TPSA) is 118 Å². The molecule has 2 aromatic heterocycles. The van der Waals surface area contributed by atoms with Crippen LogP contribution in [-0.2, 0) is 16.6 Å². The second-order valence-corrected chi connectivity index (χ2v) is 8.52. The van der Waals surface area contributed by atoms with Crippen molar-refractivity contribution in [2.45, 2.75) is 10.8 Å². The van der Waals surface area contributed by atoms with E-state index in [4.69, 9.17) is 16.7 Å². The fourth-order valence-electron chi connectivity index (χ4n) is 2.08. The first-order valence-corrected chi connectivity index (χ1v) is 9.78. The van der Waals surface area contributed by atoms with Gasteiger partial charge in [-0.3, -0.25) is 9.89 Å². The van der Waals surface area contributed by atoms with Gasteiger partial charge in [0.05, 0.1) is 12.2 Å². The number of carbonyl (C=O) groups excluding carboxylic acids is 1. The molecule has 3 aromatic rings. The lowest BCUT2D eigenvalue weighted by Crippen LogP contribution is -2.22. The van der Waals surface area contributed by atoms with E-state index < -0.39 is 10.0 Å². The van der Waals surface area contributed by atoms with E-state index in [0.29, 0.717) is 21.3 Å². The zero-order chi connectivity index (χ0) is 18.0. The number of nitrogens with one attached hydrogen (secondary N) is 2. The van der Waals surface area contributed by atoms with Crippen LogP contribution < -0.4 is 10.5 Å². The van der Waals surface area contributed by atoms with Crippen LogP contribution >= 0.6 is 22.9 Å². The van der Waals surface area contributed by atoms with Crippen LogP contribution in [0.15, 0.2) is 46.7 Å². The van der Waals surface area contributed by atoms with Crippen molar-refractivity contribution in [1.82, 2.24) is 15.5 Å². The maximum atomic E-state index is 12.2. The Balaban J connectivity index is 1.66. The molecule has 1 amide bonds. The number of H-pyrrole nitrogens is 1. The van der Waals surface area contributed by atoms with E-state index >= 15 is 0 Å². The number of aromatic amines is 1. The minimum atomic E-state index is -3.72. The summed E-state index contributed by atoms with van der Waals surface area (Å²) in [5.74, 6) is -0.349. The second-order valence-electron chi connectivity index (χ2n) is 5.12. The highest BCUT2D eigenvalue weighted by atomic mass is 35.5. The number of aromatic nitrogens is 2. The van der Waals surface area contributed by atoms with Gasteiger partial charge >= 0.3 is 0 Å². The summed E-state index contributed by atoms with van der Waals surface area (Å²) in [5, 5.41) is 15.2. The molecule has 0 saturated carbocycles. The van der Waals surface area contributed by atoms with Crippen molar-refractivity contribution in [3.05, 3.63) is 58.1 Å². The van der Waals surface area contributed by atoms with Gasteiger partial charge in [-0.15, -0.1) is 11.3 Å². The van der Waals surface area contributed by atoms with Crippen LogP contribution in [-0.4, -0.2) is 24.5 Å². The molecule has 0 fully saturated rings. The van der Waals surface area contributed by atoms with E-state index in [-0.39, 0.29) is 16.7 Å². The molecule has 0 aliphatic carbocycles. The molecule has 2 heterocycles. The van der Waals surface area contributed by atoms with Crippen LogP contribution in [0.2, 0.25) is 5.02 Å². The van der Waals surface area contributed by atoms with Gasteiger partial charge in [-0.1, -0.05) is 23.7 Å². The Morgan fingerprint density at radius 2 is 1.96 bits per heavy atom. The fraction of sp³-hybridized carbons (Fsp3) is 0.0667. The first-order valence-electron chi connectivity index (χ1n) is 7.04. The number of halogens is 1. The maximum Gasteiger partial charge on any atom is 0.269 e. The van der Waals surface area contributed by atoms with E-state index in [1.807, 2.05) is 0 Å². The number of rotatable bonds is 5. The van der Waals surface area contributed by atoms with Crippen LogP contribution in [0.25, 0.3) is 11.3 Å². The van der Waals surface area contributed by atoms with Gasteiger partial charge in [0, 0.05) is 15.5 Å². The predicted molar refractivity (Wildman–Crippen MR) is 95.9 cm³/mol. The van der Waals surface area contributed by atoms with Gasteiger partial charge in [-0.05, 0) is 30.3 Å². The molecule has 10 heteroatoms. The molecule has 4 N–H and O–H groups in total. The minimum Gasteiger partial charge on any atom is -0.346 e. The molecule has 0 aliphatic heterocycles. The molecule has 0 bridgehead atoms. The van der Waals surface area contributed by atoms with E-state index in [1.54, 1.807) is 36.4 Å². The third kappa shape index (κ3) is 4.26. The molecule has 0 saturated heterocycles. The average Bonchev–Trinajstić information content (AvgIpc) is 3.22. The van der Waals surface area contributed by atoms with Crippen molar-refractivity contribution >= 4 is 38.9 Å². The average molecular weight is 397 g/mol. The third-order valence-corrected chi connectivity index (χ3v) is 6.08. The Morgan fingerprint density at radius 3 is 2.60 bits per heavy atom. The summed E-state index contributed by atoms with van der Waals surface area (Å²) in [6, 6.07) is 11.7. The summed E-state index contributed by atoms with van der Waals surface area (Å²) in [5.41, 5.74) is 1.75. The lowest BCUT2D eigenvalue weighted by Gasteiger charge is -2.00. The Kier molecular flexibility index (Phi) is 4.91. The van der Waals surface area contributed by atoms with Gasteiger partial charge < -0.3 is 5.32 Å². The number of sulfonamides is 1. The molecule has 3 rings (SSSR count). The van der Waals surface area contributed by atoms with Crippen LogP contribution in [0.5, 0.6) is 0 Å². The Bertz CT molecular complexity index is 1010. The lowest BCUT2D eigenvalue weighted by atomic mass is 10.1. The molecule has 0 radical (unpaired) electrons. The van der Waals surface area contributed by atoms with Crippen LogP contribution in [0.4, 0.5) is 0 Å². The number of hydrogen-bond acceptors (Lipinski definition) is 5. The van der Waals surface area contributed by atoms with E-state index in [1.165, 1.54) is 6.07 Å². The summed E-state index contributed by atoms with van der Waals surface area (Å²) >= 11 is 6.86. The van der Waals surface area contributed by atoms with E-state index in [2.05, 4.69) is 15.5 Å². The number of primary sulfonamides is 1. The number of hydrogen-bond donors (Lipinski definition) is 3. The SMILES string of the molecule is NS(=O)(=O)c1ccc(CNC(=O)c2cc(-c3ccc(Cl)cc3)n[nH]2)s1. The second kappa shape index (κ2) is 6.96. The van der Waals surface area contributed by atoms with Crippen molar-refractivity contribution in [3.8, 4) is 11.3 Å². The number of carbonyl (C=O) groups is 1. The Hall–Kier alpha value is -2.20. The summed E-state index contributed by atoms with van der Waals surface area (Å²) in [6.07, 6.45) is 0. The summed E-state index contributed by atoms with van der Waals surface area (Å²) < 4.78 is 22.5. The quantitative estimate of drug-likeness (QED) is 0.613. The molecule has 7 nitrogen and oxygen atoms in total. The van der Waals surface area contributed by atoms with Gasteiger partial charge in [-0.25, -0.2) is 13.6 Å². The predicted octanol–water partition coefficient (Wildman–Crippen LogP) is 2.37. The number of amides is 1. The smallest absolute Gasteiger partial charge is 0.269 e. The first kappa shape index (κ1) is 17.6. The van der Waals surface area contributed by atoms with Crippen molar-refractivity contribution in [3.63, 3.8) is 0 Å². The van der Waals surface area contributed by atoms with Gasteiger partial charge in [0.15, 0.2) is 0 Å². The molecule has 0 unspecified atom stereocenters. The fourth-order valence-corrected chi connectivity index (χ4v) is 3.92. The zero-order valence-corrected chi connectivity index (χ0v) is 15.1. The maximum absolute atomic E-state index is 12.2. The lowest BCUT2D eigenvalue weighted by molar-refractivity contribution is 0.0946. The number of nitrogens with two attached hydrogens (primary N) is 1. The summed E-state index contributed by atoms with van der Waals surface area (Å²) in [4.78, 5) is 12.9. The molecule has 1 aromatic carbocycles. The highest BCUT2D eigenvalue weighted by Crippen LogP contribution is 2.21. The van der Waals surface area contributed by atoms with Crippen LogP contribution in [0.1, 0.15) is 15.4 Å². The van der Waals surface area contributed by atoms with Crippen molar-refractivity contribution < 1.29 is 13.2 Å². The van der Waals surface area contributed by atoms with Gasteiger partial charge in [-0.2, -0.15) is 5.10 Å². The number of nitrogens with zero attached hydrogens (tertiary/aromatic N) is 1. The van der Waals surface area contributed by atoms with E-state index in [9.17, 15) is 13.2 Å². The molecular weight excluding hydrogens is 384 g/mol. The summed E-state index contributed by atoms with van der Waals surface area (Å²) in [6.45, 7) is 0.189. The molecule has 0 aliphatic rings. The largest absolute Gasteiger partial charge is 0.346 e. The standard InChI is InChI=1S/C15H13ClN4O3S2/c16-10-3-1-9(2-4-10)12-7-13(20-19-12)15(21)18-8-11-5-6-14(24-11)25(17,22)23/h1-7H,8H2,(H,18,21)(H,19,20)(H2,17,22,23). The van der Waals surface area contributed by atoms with Gasteiger partial charge in [0.1, 0.15) is 9.90 Å². The van der Waals surface area contributed by atoms with Crippen LogP contribution in [0.3, 0.4) is 0 Å². The first-order chi connectivity index (χ1) is 11.8.